The normalized spacial score (nSPS) is 17.6. The number of benzene rings is 1. The van der Waals surface area contributed by atoms with Crippen molar-refractivity contribution >= 4 is 17.3 Å². The number of nitrogens with one attached hydrogen (secondary N) is 1. The fraction of sp³-hybridized carbons (Fsp3) is 0.417. The summed E-state index contributed by atoms with van der Waals surface area (Å²) in [6.45, 7) is 5.89. The van der Waals surface area contributed by atoms with Crippen LogP contribution in [-0.2, 0) is 4.79 Å². The van der Waals surface area contributed by atoms with Gasteiger partial charge in [0.1, 0.15) is 11.5 Å². The van der Waals surface area contributed by atoms with E-state index < -0.39 is 0 Å². The molecule has 3 nitrogen and oxygen atoms in total. The molecule has 4 heteroatoms. The van der Waals surface area contributed by atoms with Crippen molar-refractivity contribution < 1.29 is 9.18 Å². The molecular formula is C12H15FN2O. The number of para-hydroxylation sites is 1. The van der Waals surface area contributed by atoms with Gasteiger partial charge >= 0.3 is 0 Å². The van der Waals surface area contributed by atoms with Gasteiger partial charge in [0, 0.05) is 19.0 Å². The van der Waals surface area contributed by atoms with E-state index >= 15 is 0 Å². The predicted molar refractivity (Wildman–Crippen MR) is 62.1 cm³/mol. The second kappa shape index (κ2) is 3.47. The first-order valence-electron chi connectivity index (χ1n) is 5.25. The minimum Gasteiger partial charge on any atom is -0.377 e. The molecular weight excluding hydrogens is 207 g/mol. The fourth-order valence-corrected chi connectivity index (χ4v) is 2.04. The Morgan fingerprint density at radius 3 is 2.81 bits per heavy atom. The third-order valence-corrected chi connectivity index (χ3v) is 2.66. The molecule has 1 heterocycles. The van der Waals surface area contributed by atoms with E-state index in [2.05, 4.69) is 5.32 Å². The molecule has 0 aromatic heterocycles. The Hall–Kier alpha value is -1.58. The Kier molecular flexibility index (Phi) is 2.37. The number of carbonyl (C=O) groups excluding carboxylic acids is 1. The van der Waals surface area contributed by atoms with Crippen molar-refractivity contribution in [3.8, 4) is 0 Å². The fourth-order valence-electron chi connectivity index (χ4n) is 2.04. The molecule has 0 radical (unpaired) electrons. The predicted octanol–water partition coefficient (Wildman–Crippen LogP) is 2.38. The summed E-state index contributed by atoms with van der Waals surface area (Å²) in [6, 6.07) is 4.80. The van der Waals surface area contributed by atoms with Gasteiger partial charge in [0.2, 0.25) is 5.91 Å². The van der Waals surface area contributed by atoms with Crippen molar-refractivity contribution in [3.05, 3.63) is 24.0 Å². The molecule has 1 aromatic carbocycles. The number of nitrogens with zero attached hydrogens (tertiary/aromatic N) is 1. The quantitative estimate of drug-likeness (QED) is 0.731. The van der Waals surface area contributed by atoms with Crippen LogP contribution < -0.4 is 10.2 Å². The van der Waals surface area contributed by atoms with Crippen LogP contribution in [0.15, 0.2) is 18.2 Å². The monoisotopic (exact) mass is 222 g/mol. The van der Waals surface area contributed by atoms with Gasteiger partial charge in [-0.15, -0.1) is 0 Å². The number of hydrogen-bond acceptors (Lipinski definition) is 2. The maximum atomic E-state index is 13.7. The maximum absolute atomic E-state index is 13.7. The van der Waals surface area contributed by atoms with Crippen LogP contribution in [0.5, 0.6) is 0 Å². The van der Waals surface area contributed by atoms with Crippen LogP contribution in [0.4, 0.5) is 15.8 Å². The Labute approximate surface area is 94.3 Å². The van der Waals surface area contributed by atoms with Crippen molar-refractivity contribution in [3.63, 3.8) is 0 Å². The first-order chi connectivity index (χ1) is 7.41. The summed E-state index contributed by atoms with van der Waals surface area (Å²) in [6.07, 6.45) is 0. The van der Waals surface area contributed by atoms with Crippen LogP contribution in [0, 0.1) is 5.82 Å². The number of halogens is 1. The van der Waals surface area contributed by atoms with Gasteiger partial charge in [0.05, 0.1) is 5.69 Å². The average molecular weight is 222 g/mol. The van der Waals surface area contributed by atoms with E-state index in [4.69, 9.17) is 0 Å². The smallest absolute Gasteiger partial charge is 0.224 e. The minimum absolute atomic E-state index is 0.138. The molecule has 0 fully saturated rings. The molecule has 0 unspecified atom stereocenters. The molecule has 0 spiro atoms. The third-order valence-electron chi connectivity index (χ3n) is 2.66. The molecule has 1 aromatic rings. The summed E-state index contributed by atoms with van der Waals surface area (Å²) in [5.41, 5.74) is 0.785. The summed E-state index contributed by atoms with van der Waals surface area (Å²) in [5.74, 6) is -0.503. The Bertz CT molecular complexity index is 443. The molecule has 0 saturated carbocycles. The van der Waals surface area contributed by atoms with Crippen molar-refractivity contribution in [2.24, 2.45) is 0 Å². The molecule has 0 aliphatic carbocycles. The summed E-state index contributed by atoms with van der Waals surface area (Å²) >= 11 is 0. The number of hydrogen-bond donors (Lipinski definition) is 1. The molecule has 1 aliphatic heterocycles. The van der Waals surface area contributed by atoms with E-state index in [1.54, 1.807) is 12.1 Å². The first kappa shape index (κ1) is 10.9. The van der Waals surface area contributed by atoms with E-state index in [-0.39, 0.29) is 17.3 Å². The van der Waals surface area contributed by atoms with Crippen molar-refractivity contribution in [2.75, 3.05) is 16.8 Å². The van der Waals surface area contributed by atoms with Crippen LogP contribution in [0.3, 0.4) is 0 Å². The maximum Gasteiger partial charge on any atom is 0.224 e. The molecule has 0 atom stereocenters. The van der Waals surface area contributed by atoms with E-state index in [1.165, 1.54) is 17.9 Å². The molecule has 86 valence electrons. The van der Waals surface area contributed by atoms with Gasteiger partial charge in [0.15, 0.2) is 0 Å². The van der Waals surface area contributed by atoms with Gasteiger partial charge in [-0.2, -0.15) is 0 Å². The zero-order chi connectivity index (χ0) is 11.9. The van der Waals surface area contributed by atoms with E-state index in [1.807, 2.05) is 13.8 Å². The van der Waals surface area contributed by atoms with Gasteiger partial charge < -0.3 is 10.2 Å². The highest BCUT2D eigenvalue weighted by Crippen LogP contribution is 2.36. The second-order valence-electron chi connectivity index (χ2n) is 4.75. The van der Waals surface area contributed by atoms with Crippen molar-refractivity contribution in [1.29, 1.82) is 0 Å². The van der Waals surface area contributed by atoms with Crippen LogP contribution in [0.25, 0.3) is 0 Å². The highest BCUT2D eigenvalue weighted by molar-refractivity contribution is 5.96. The number of amides is 1. The van der Waals surface area contributed by atoms with Crippen molar-refractivity contribution in [1.82, 2.24) is 0 Å². The minimum atomic E-state index is -0.365. The number of carbonyl (C=O) groups is 1. The lowest BCUT2D eigenvalue weighted by atomic mass is 9.99. The molecule has 2 rings (SSSR count). The lowest BCUT2D eigenvalue weighted by Crippen LogP contribution is -2.50. The van der Waals surface area contributed by atoms with Gasteiger partial charge in [-0.25, -0.2) is 4.39 Å². The average Bonchev–Trinajstić information content (AvgIpc) is 2.14. The third kappa shape index (κ3) is 1.75. The lowest BCUT2D eigenvalue weighted by molar-refractivity contribution is -0.116. The molecule has 1 amide bonds. The van der Waals surface area contributed by atoms with Crippen LogP contribution >= 0.6 is 0 Å². The van der Waals surface area contributed by atoms with Crippen LogP contribution in [0.1, 0.15) is 20.8 Å². The Balaban J connectivity index is 2.56. The summed E-state index contributed by atoms with van der Waals surface area (Å²) in [7, 11) is 0. The molecule has 0 bridgehead atoms. The topological polar surface area (TPSA) is 32.3 Å². The summed E-state index contributed by atoms with van der Waals surface area (Å²) < 4.78 is 13.7. The SMILES string of the molecule is CC(=O)N1CC(C)(C)Nc2cccc(F)c21. The van der Waals surface area contributed by atoms with Crippen molar-refractivity contribution in [2.45, 2.75) is 26.3 Å². The van der Waals surface area contributed by atoms with Gasteiger partial charge in [0.25, 0.3) is 0 Å². The first-order valence-corrected chi connectivity index (χ1v) is 5.25. The standard InChI is InChI=1S/C12H15FN2O/c1-8(16)15-7-12(2,3)14-10-6-4-5-9(13)11(10)15/h4-6,14H,7H2,1-3H3. The second-order valence-corrected chi connectivity index (χ2v) is 4.75. The lowest BCUT2D eigenvalue weighted by Gasteiger charge is -2.40. The van der Waals surface area contributed by atoms with Crippen LogP contribution in [0.2, 0.25) is 0 Å². The number of fused-ring (bicyclic) bond motifs is 1. The largest absolute Gasteiger partial charge is 0.377 e. The zero-order valence-electron chi connectivity index (χ0n) is 9.67. The summed E-state index contributed by atoms with van der Waals surface area (Å²) in [5, 5.41) is 3.23. The zero-order valence-corrected chi connectivity index (χ0v) is 9.67. The molecule has 0 saturated heterocycles. The van der Waals surface area contributed by atoms with E-state index in [9.17, 15) is 9.18 Å². The van der Waals surface area contributed by atoms with Gasteiger partial charge in [-0.05, 0) is 26.0 Å². The van der Waals surface area contributed by atoms with Crippen LogP contribution in [-0.4, -0.2) is 18.0 Å². The van der Waals surface area contributed by atoms with E-state index in [0.717, 1.165) is 0 Å². The number of rotatable bonds is 0. The van der Waals surface area contributed by atoms with E-state index in [0.29, 0.717) is 17.9 Å². The Morgan fingerprint density at radius 2 is 2.19 bits per heavy atom. The number of anilines is 2. The summed E-state index contributed by atoms with van der Waals surface area (Å²) in [4.78, 5) is 13.0. The highest BCUT2D eigenvalue weighted by Gasteiger charge is 2.33. The van der Waals surface area contributed by atoms with Gasteiger partial charge in [-0.3, -0.25) is 4.79 Å². The molecule has 16 heavy (non-hydrogen) atoms. The molecule has 1 aliphatic rings. The highest BCUT2D eigenvalue weighted by atomic mass is 19.1. The molecule has 1 N–H and O–H groups in total. The van der Waals surface area contributed by atoms with Gasteiger partial charge in [-0.1, -0.05) is 6.07 Å². The Morgan fingerprint density at radius 1 is 1.50 bits per heavy atom.